The molecule has 3 N–H and O–H groups in total. The Morgan fingerprint density at radius 1 is 1.39 bits per heavy atom. The van der Waals surface area contributed by atoms with Crippen molar-refractivity contribution in [1.82, 2.24) is 0 Å². The van der Waals surface area contributed by atoms with E-state index in [1.807, 2.05) is 6.08 Å². The zero-order valence-corrected chi connectivity index (χ0v) is 13.0. The number of para-hydroxylation sites is 1. The van der Waals surface area contributed by atoms with Crippen molar-refractivity contribution in [3.05, 3.63) is 52.7 Å². The number of fused-ring (bicyclic) bond motifs is 2. The molecule has 3 aliphatic heterocycles. The monoisotopic (exact) mass is 309 g/mol. The molecule has 23 heavy (non-hydrogen) atoms. The van der Waals surface area contributed by atoms with Crippen molar-refractivity contribution in [2.45, 2.75) is 24.3 Å². The van der Waals surface area contributed by atoms with Gasteiger partial charge in [0.05, 0.1) is 25.1 Å². The number of hydrogen-bond donors (Lipinski definition) is 3. The Morgan fingerprint density at radius 2 is 2.26 bits per heavy atom. The van der Waals surface area contributed by atoms with Crippen LogP contribution in [0, 0.1) is 5.92 Å². The van der Waals surface area contributed by atoms with E-state index in [0.717, 1.165) is 43.5 Å². The summed E-state index contributed by atoms with van der Waals surface area (Å²) in [5, 5.41) is 13.0. The summed E-state index contributed by atoms with van der Waals surface area (Å²) in [7, 11) is 0. The lowest BCUT2D eigenvalue weighted by Gasteiger charge is -2.45. The van der Waals surface area contributed by atoms with Gasteiger partial charge in [-0.2, -0.15) is 0 Å². The topological polar surface area (TPSA) is 53.8 Å². The highest BCUT2D eigenvalue weighted by Gasteiger charge is 2.64. The predicted molar refractivity (Wildman–Crippen MR) is 87.2 cm³/mol. The lowest BCUT2D eigenvalue weighted by Crippen LogP contribution is -3.16. The van der Waals surface area contributed by atoms with Crippen LogP contribution in [-0.4, -0.2) is 37.1 Å². The normalized spacial score (nSPS) is 38.3. The summed E-state index contributed by atoms with van der Waals surface area (Å²) in [5.41, 5.74) is 5.85. The summed E-state index contributed by atoms with van der Waals surface area (Å²) in [6.45, 7) is 2.15. The molecule has 2 bridgehead atoms. The molecule has 4 heteroatoms. The molecule has 1 aromatic rings. The first-order valence-electron chi connectivity index (χ1n) is 8.50. The van der Waals surface area contributed by atoms with Gasteiger partial charge in [-0.25, -0.2) is 0 Å². The number of nitrogens with one attached hydrogen (secondary N) is 2. The Bertz CT molecular complexity index is 766. The van der Waals surface area contributed by atoms with E-state index in [0.29, 0.717) is 6.04 Å². The fourth-order valence-corrected chi connectivity index (χ4v) is 5.69. The quantitative estimate of drug-likeness (QED) is 0.548. The second kappa shape index (κ2) is 4.56. The van der Waals surface area contributed by atoms with Crippen LogP contribution < -0.4 is 10.2 Å². The minimum atomic E-state index is 0.00339. The van der Waals surface area contributed by atoms with Crippen LogP contribution >= 0.6 is 0 Å². The Labute approximate surface area is 135 Å². The van der Waals surface area contributed by atoms with Crippen LogP contribution in [0.4, 0.5) is 5.69 Å². The number of aliphatic hydroxyl groups is 1. The van der Waals surface area contributed by atoms with Gasteiger partial charge in [0, 0.05) is 35.7 Å². The molecule has 0 amide bonds. The van der Waals surface area contributed by atoms with Gasteiger partial charge in [-0.1, -0.05) is 24.3 Å². The molecule has 2 fully saturated rings. The second-order valence-corrected chi connectivity index (χ2v) is 7.23. The van der Waals surface area contributed by atoms with Crippen molar-refractivity contribution in [1.29, 1.82) is 0 Å². The van der Waals surface area contributed by atoms with Crippen molar-refractivity contribution in [3.8, 4) is 0 Å². The number of rotatable bonds is 2. The highest BCUT2D eigenvalue weighted by atomic mass is 16.2. The van der Waals surface area contributed by atoms with Gasteiger partial charge in [-0.3, -0.25) is 4.79 Å². The predicted octanol–water partition coefficient (Wildman–Crippen LogP) is 0.412. The zero-order valence-electron chi connectivity index (χ0n) is 13.0. The van der Waals surface area contributed by atoms with E-state index in [2.05, 4.69) is 29.6 Å². The number of hydrogen-bond acceptors (Lipinski definition) is 3. The summed E-state index contributed by atoms with van der Waals surface area (Å²) in [6, 6.07) is 9.08. The molecule has 3 heterocycles. The number of piperidine rings is 1. The maximum absolute atomic E-state index is 12.0. The molecule has 0 radical (unpaired) electrons. The van der Waals surface area contributed by atoms with E-state index < -0.39 is 0 Å². The number of anilines is 1. The minimum absolute atomic E-state index is 0.00339. The van der Waals surface area contributed by atoms with Crippen LogP contribution in [0.5, 0.6) is 0 Å². The summed E-state index contributed by atoms with van der Waals surface area (Å²) in [4.78, 5) is 13.6. The number of aldehydes is 1. The maximum Gasteiger partial charge on any atom is 0.148 e. The minimum Gasteiger partial charge on any atom is -0.392 e. The first-order valence-corrected chi connectivity index (χ1v) is 8.50. The average molecular weight is 309 g/mol. The molecule has 0 saturated carbocycles. The van der Waals surface area contributed by atoms with Crippen molar-refractivity contribution < 1.29 is 14.8 Å². The largest absolute Gasteiger partial charge is 0.392 e. The molecule has 4 nitrogen and oxygen atoms in total. The van der Waals surface area contributed by atoms with Crippen molar-refractivity contribution in [2.24, 2.45) is 5.92 Å². The second-order valence-electron chi connectivity index (χ2n) is 7.23. The molecule has 0 aromatic heterocycles. The number of benzene rings is 1. The van der Waals surface area contributed by atoms with Crippen molar-refractivity contribution >= 4 is 12.0 Å². The number of quaternary nitrogens is 1. The van der Waals surface area contributed by atoms with Gasteiger partial charge in [0.15, 0.2) is 0 Å². The van der Waals surface area contributed by atoms with Gasteiger partial charge in [0.25, 0.3) is 0 Å². The van der Waals surface area contributed by atoms with Gasteiger partial charge in [0.1, 0.15) is 12.3 Å². The number of aliphatic hydroxyl groups excluding tert-OH is 1. The van der Waals surface area contributed by atoms with Crippen LogP contribution in [0.3, 0.4) is 0 Å². The van der Waals surface area contributed by atoms with E-state index >= 15 is 0 Å². The molecule has 1 aromatic carbocycles. The fraction of sp³-hybridized carbons (Fsp3) is 0.421. The molecule has 4 aliphatic rings. The molecule has 4 atom stereocenters. The van der Waals surface area contributed by atoms with Gasteiger partial charge in [0.2, 0.25) is 0 Å². The lowest BCUT2D eigenvalue weighted by atomic mass is 9.62. The molecule has 118 valence electrons. The lowest BCUT2D eigenvalue weighted by molar-refractivity contribution is -0.914. The SMILES string of the molecule is O=CC1=C2Nc3ccccc3[C@@]23CC[NH+]2C/C(=C/CO)[C@@H]1C[C@H]23. The Balaban J connectivity index is 1.78. The van der Waals surface area contributed by atoms with E-state index in [4.69, 9.17) is 0 Å². The summed E-state index contributed by atoms with van der Waals surface area (Å²) >= 11 is 0. The average Bonchev–Trinajstić information content (AvgIpc) is 3.12. The molecule has 1 spiro atoms. The van der Waals surface area contributed by atoms with Gasteiger partial charge in [-0.05, 0) is 17.2 Å². The van der Waals surface area contributed by atoms with Crippen molar-refractivity contribution in [3.63, 3.8) is 0 Å². The number of carbonyl (C=O) groups excluding carboxylic acids is 1. The van der Waals surface area contributed by atoms with Gasteiger partial charge in [-0.15, -0.1) is 0 Å². The Hall–Kier alpha value is -1.91. The van der Waals surface area contributed by atoms with Gasteiger partial charge < -0.3 is 15.3 Å². The van der Waals surface area contributed by atoms with Crippen LogP contribution in [0.15, 0.2) is 47.2 Å². The Morgan fingerprint density at radius 3 is 3.09 bits per heavy atom. The highest BCUT2D eigenvalue weighted by molar-refractivity contribution is 5.84. The molecule has 1 aliphatic carbocycles. The zero-order chi connectivity index (χ0) is 15.6. The third-order valence-corrected chi connectivity index (χ3v) is 6.54. The first kappa shape index (κ1) is 13.5. The van der Waals surface area contributed by atoms with Gasteiger partial charge >= 0.3 is 0 Å². The standard InChI is InChI=1S/C19H20N2O2/c22-8-5-12-10-21-7-6-19-15-3-1-2-4-16(15)20-18(19)14(11-23)13(12)9-17(19)21/h1-5,11,13,17,20,22H,6-10H2/p+1/b12-5-/t13-,17-,19+/m0/s1. The van der Waals surface area contributed by atoms with E-state index in [-0.39, 0.29) is 17.9 Å². The maximum atomic E-state index is 12.0. The molecule has 1 unspecified atom stereocenters. The van der Waals surface area contributed by atoms with E-state index in [1.165, 1.54) is 16.8 Å². The third kappa shape index (κ3) is 1.51. The third-order valence-electron chi connectivity index (χ3n) is 6.54. The van der Waals surface area contributed by atoms with Crippen LogP contribution in [0.1, 0.15) is 18.4 Å². The fourth-order valence-electron chi connectivity index (χ4n) is 5.69. The highest BCUT2D eigenvalue weighted by Crippen LogP contribution is 2.56. The molecular formula is C19H21N2O2+. The summed E-state index contributed by atoms with van der Waals surface area (Å²) in [5.74, 6) is 0.177. The van der Waals surface area contributed by atoms with Crippen LogP contribution in [-0.2, 0) is 10.2 Å². The molecule has 5 rings (SSSR count). The molecule has 2 saturated heterocycles. The number of carbonyl (C=O) groups is 1. The van der Waals surface area contributed by atoms with E-state index in [9.17, 15) is 9.90 Å². The molecular weight excluding hydrogens is 288 g/mol. The summed E-state index contributed by atoms with van der Waals surface area (Å²) < 4.78 is 0. The Kier molecular flexibility index (Phi) is 2.68. The van der Waals surface area contributed by atoms with E-state index in [1.54, 1.807) is 4.90 Å². The summed E-state index contributed by atoms with van der Waals surface area (Å²) in [6.07, 6.45) is 5.11. The smallest absolute Gasteiger partial charge is 0.148 e. The number of allylic oxidation sites excluding steroid dienone is 1. The van der Waals surface area contributed by atoms with Crippen molar-refractivity contribution in [2.75, 3.05) is 25.0 Å². The van der Waals surface area contributed by atoms with Crippen LogP contribution in [0.2, 0.25) is 0 Å². The van der Waals surface area contributed by atoms with Crippen LogP contribution in [0.25, 0.3) is 0 Å². The first-order chi connectivity index (χ1) is 11.3.